The molecule has 0 saturated heterocycles. The van der Waals surface area contributed by atoms with E-state index in [0.717, 1.165) is 0 Å². The van der Waals surface area contributed by atoms with Gasteiger partial charge in [-0.1, -0.05) is 13.2 Å². The summed E-state index contributed by atoms with van der Waals surface area (Å²) in [4.78, 5) is 10.2. The van der Waals surface area contributed by atoms with Crippen LogP contribution in [0, 0.1) is 0 Å². The third-order valence-electron chi connectivity index (χ3n) is 0.825. The molecule has 0 bridgehead atoms. The van der Waals surface area contributed by atoms with Crippen molar-refractivity contribution in [1.82, 2.24) is 0 Å². The molecule has 0 aliphatic heterocycles. The topological polar surface area (TPSA) is 17.1 Å². The molecule has 0 aromatic carbocycles. The number of ketones is 1. The van der Waals surface area contributed by atoms with Crippen LogP contribution in [-0.2, 0) is 4.79 Å². The molecule has 0 saturated carbocycles. The molecule has 0 radical (unpaired) electrons. The molecule has 0 aliphatic carbocycles. The van der Waals surface area contributed by atoms with Gasteiger partial charge >= 0.3 is 6.18 Å². The summed E-state index contributed by atoms with van der Waals surface area (Å²) in [5.74, 6) is -1.19. The molecule has 0 unspecified atom stereocenters. The Balaban J connectivity index is 4.38. The highest BCUT2D eigenvalue weighted by Gasteiger charge is 2.35. The van der Waals surface area contributed by atoms with E-state index in [-0.39, 0.29) is 0 Å². The van der Waals surface area contributed by atoms with Crippen molar-refractivity contribution in [2.45, 2.75) is 6.18 Å². The van der Waals surface area contributed by atoms with Gasteiger partial charge in [0.05, 0.1) is 5.57 Å². The standard InChI is InChI=1S/C6H5F3O/c1-3-5(10)4(2)6(7,8)9/h3H,1-2H2. The summed E-state index contributed by atoms with van der Waals surface area (Å²) in [5.41, 5.74) is -1.39. The monoisotopic (exact) mass is 150 g/mol. The highest BCUT2D eigenvalue weighted by Crippen LogP contribution is 2.24. The molecule has 0 rings (SSSR count). The Hall–Kier alpha value is -1.06. The van der Waals surface area contributed by atoms with Crippen molar-refractivity contribution in [3.05, 3.63) is 24.8 Å². The van der Waals surface area contributed by atoms with Crippen molar-refractivity contribution >= 4 is 5.78 Å². The summed E-state index contributed by atoms with van der Waals surface area (Å²) >= 11 is 0. The second-order valence-corrected chi connectivity index (χ2v) is 1.54. The van der Waals surface area contributed by atoms with E-state index in [4.69, 9.17) is 0 Å². The van der Waals surface area contributed by atoms with E-state index in [2.05, 4.69) is 13.2 Å². The lowest BCUT2D eigenvalue weighted by Crippen LogP contribution is -2.17. The van der Waals surface area contributed by atoms with E-state index in [0.29, 0.717) is 6.08 Å². The quantitative estimate of drug-likeness (QED) is 0.549. The average molecular weight is 150 g/mol. The molecule has 4 heteroatoms. The van der Waals surface area contributed by atoms with Gasteiger partial charge in [-0.25, -0.2) is 0 Å². The van der Waals surface area contributed by atoms with Crippen molar-refractivity contribution in [2.24, 2.45) is 0 Å². The van der Waals surface area contributed by atoms with E-state index in [1.807, 2.05) is 0 Å². The van der Waals surface area contributed by atoms with E-state index >= 15 is 0 Å². The predicted molar refractivity (Wildman–Crippen MR) is 30.4 cm³/mol. The summed E-state index contributed by atoms with van der Waals surface area (Å²) in [6, 6.07) is 0. The number of alkyl halides is 3. The molecule has 0 fully saturated rings. The van der Waals surface area contributed by atoms with Gasteiger partial charge in [0.1, 0.15) is 0 Å². The summed E-state index contributed by atoms with van der Waals surface area (Å²) in [7, 11) is 0. The Labute approximate surface area is 55.8 Å². The fraction of sp³-hybridized carbons (Fsp3) is 0.167. The molecule has 0 atom stereocenters. The molecular weight excluding hydrogens is 145 g/mol. The van der Waals surface area contributed by atoms with Crippen LogP contribution in [0.5, 0.6) is 0 Å². The van der Waals surface area contributed by atoms with Crippen LogP contribution >= 0.6 is 0 Å². The summed E-state index contributed by atoms with van der Waals surface area (Å²) in [5, 5.41) is 0. The maximum Gasteiger partial charge on any atom is 0.419 e. The second kappa shape index (κ2) is 2.68. The van der Waals surface area contributed by atoms with Crippen LogP contribution in [-0.4, -0.2) is 12.0 Å². The SMILES string of the molecule is C=CC(=O)C(=C)C(F)(F)F. The van der Waals surface area contributed by atoms with Gasteiger partial charge in [0.25, 0.3) is 0 Å². The normalized spacial score (nSPS) is 10.7. The number of rotatable bonds is 2. The van der Waals surface area contributed by atoms with Crippen molar-refractivity contribution in [1.29, 1.82) is 0 Å². The number of carbonyl (C=O) groups is 1. The zero-order chi connectivity index (χ0) is 8.36. The number of allylic oxidation sites excluding steroid dienone is 2. The van der Waals surface area contributed by atoms with Gasteiger partial charge in [0.2, 0.25) is 0 Å². The fourth-order valence-corrected chi connectivity index (χ4v) is 0.263. The molecule has 0 aromatic heterocycles. The minimum Gasteiger partial charge on any atom is -0.289 e. The molecule has 0 N–H and O–H groups in total. The average Bonchev–Trinajstić information content (AvgIpc) is 1.83. The van der Waals surface area contributed by atoms with Crippen LogP contribution in [0.25, 0.3) is 0 Å². The minimum atomic E-state index is -4.63. The smallest absolute Gasteiger partial charge is 0.289 e. The van der Waals surface area contributed by atoms with Gasteiger partial charge in [0.15, 0.2) is 5.78 Å². The van der Waals surface area contributed by atoms with Gasteiger partial charge in [-0.3, -0.25) is 4.79 Å². The third kappa shape index (κ3) is 2.05. The van der Waals surface area contributed by atoms with E-state index in [1.165, 1.54) is 0 Å². The molecule has 0 amide bonds. The second-order valence-electron chi connectivity index (χ2n) is 1.54. The van der Waals surface area contributed by atoms with Crippen LogP contribution in [0.15, 0.2) is 24.8 Å². The lowest BCUT2D eigenvalue weighted by Gasteiger charge is -2.04. The van der Waals surface area contributed by atoms with E-state index < -0.39 is 17.5 Å². The van der Waals surface area contributed by atoms with Gasteiger partial charge in [-0.05, 0) is 6.08 Å². The maximum atomic E-state index is 11.5. The number of hydrogen-bond donors (Lipinski definition) is 0. The number of carbonyl (C=O) groups excluding carboxylic acids is 1. The lowest BCUT2D eigenvalue weighted by atomic mass is 10.2. The number of hydrogen-bond acceptors (Lipinski definition) is 1. The zero-order valence-electron chi connectivity index (χ0n) is 5.03. The number of halogens is 3. The molecule has 0 aromatic rings. The fourth-order valence-electron chi connectivity index (χ4n) is 0.263. The first kappa shape index (κ1) is 8.94. The van der Waals surface area contributed by atoms with Gasteiger partial charge < -0.3 is 0 Å². The Morgan fingerprint density at radius 3 is 1.90 bits per heavy atom. The molecule has 0 spiro atoms. The summed E-state index contributed by atoms with van der Waals surface area (Å²) < 4.78 is 34.6. The molecule has 0 aliphatic rings. The molecule has 1 nitrogen and oxygen atoms in total. The summed E-state index contributed by atoms with van der Waals surface area (Å²) in [6.07, 6.45) is -4.05. The Kier molecular flexibility index (Phi) is 2.40. The molecular formula is C6H5F3O. The van der Waals surface area contributed by atoms with Crippen molar-refractivity contribution in [3.8, 4) is 0 Å². The van der Waals surface area contributed by atoms with Crippen LogP contribution in [0.3, 0.4) is 0 Å². The molecule has 10 heavy (non-hydrogen) atoms. The highest BCUT2D eigenvalue weighted by molar-refractivity contribution is 6.04. The molecule has 0 heterocycles. The van der Waals surface area contributed by atoms with Crippen LogP contribution in [0.2, 0.25) is 0 Å². The Morgan fingerprint density at radius 1 is 1.40 bits per heavy atom. The first-order chi connectivity index (χ1) is 4.39. The Morgan fingerprint density at radius 2 is 1.80 bits per heavy atom. The minimum absolute atomic E-state index is 0.579. The first-order valence-electron chi connectivity index (χ1n) is 2.32. The zero-order valence-corrected chi connectivity index (χ0v) is 5.03. The van der Waals surface area contributed by atoms with Crippen LogP contribution in [0.4, 0.5) is 13.2 Å². The van der Waals surface area contributed by atoms with Crippen LogP contribution < -0.4 is 0 Å². The summed E-state index contributed by atoms with van der Waals surface area (Å²) in [6.45, 7) is 5.44. The van der Waals surface area contributed by atoms with Gasteiger partial charge in [-0.2, -0.15) is 13.2 Å². The lowest BCUT2D eigenvalue weighted by molar-refractivity contribution is -0.124. The maximum absolute atomic E-state index is 11.5. The molecule has 56 valence electrons. The van der Waals surface area contributed by atoms with E-state index in [1.54, 1.807) is 0 Å². The van der Waals surface area contributed by atoms with Crippen molar-refractivity contribution < 1.29 is 18.0 Å². The van der Waals surface area contributed by atoms with E-state index in [9.17, 15) is 18.0 Å². The van der Waals surface area contributed by atoms with Crippen molar-refractivity contribution in [2.75, 3.05) is 0 Å². The largest absolute Gasteiger partial charge is 0.419 e. The van der Waals surface area contributed by atoms with Crippen molar-refractivity contribution in [3.63, 3.8) is 0 Å². The third-order valence-corrected chi connectivity index (χ3v) is 0.825. The Bertz CT molecular complexity index is 178. The van der Waals surface area contributed by atoms with Crippen LogP contribution in [0.1, 0.15) is 0 Å². The van der Waals surface area contributed by atoms with Gasteiger partial charge in [0, 0.05) is 0 Å². The highest BCUT2D eigenvalue weighted by atomic mass is 19.4. The van der Waals surface area contributed by atoms with Gasteiger partial charge in [-0.15, -0.1) is 0 Å². The first-order valence-corrected chi connectivity index (χ1v) is 2.32. The predicted octanol–water partition coefficient (Wildman–Crippen LogP) is 1.86.